The molecule has 0 saturated carbocycles. The Bertz CT molecular complexity index is 707. The minimum atomic E-state index is -4.33. The van der Waals surface area contributed by atoms with Gasteiger partial charge in [-0.05, 0) is 25.7 Å². The van der Waals surface area contributed by atoms with E-state index in [-0.39, 0.29) is 30.0 Å². The monoisotopic (exact) mass is 475 g/mol. The summed E-state index contributed by atoms with van der Waals surface area (Å²) in [7, 11) is -4.33. The summed E-state index contributed by atoms with van der Waals surface area (Å²) in [5.41, 5.74) is 0. The fourth-order valence-electron chi connectivity index (χ4n) is 4.28. The third-order valence-corrected chi connectivity index (χ3v) is 6.68. The van der Waals surface area contributed by atoms with E-state index in [1.807, 2.05) is 0 Å². The number of rotatable bonds is 19. The van der Waals surface area contributed by atoms with Crippen LogP contribution in [0.2, 0.25) is 0 Å². The summed E-state index contributed by atoms with van der Waals surface area (Å²) >= 11 is 0. The zero-order valence-corrected chi connectivity index (χ0v) is 20.4. The molecule has 1 heterocycles. The van der Waals surface area contributed by atoms with Crippen LogP contribution in [0.15, 0.2) is 17.1 Å². The second-order valence-corrected chi connectivity index (χ2v) is 10.3. The van der Waals surface area contributed by atoms with Crippen molar-refractivity contribution in [3.8, 4) is 0 Å². The normalized spacial score (nSPS) is 20.1. The van der Waals surface area contributed by atoms with Gasteiger partial charge in [0.2, 0.25) is 5.78 Å². The van der Waals surface area contributed by atoms with Crippen molar-refractivity contribution < 1.29 is 32.5 Å². The first-order valence-corrected chi connectivity index (χ1v) is 13.7. The standard InChI is InChI=1S/C23H42N2O6S/c1-2-3-4-5-6-7-8-9-10-11-12-13-14-22(28)23-24-15-16-25(23,17-18-26)19-21(27)20-32(29,30)31/h4-5,21,26-27H,2-3,6-20H2,1H3/p+1/b5-4+. The predicted octanol–water partition coefficient (Wildman–Crippen LogP) is 2.89. The largest absolute Gasteiger partial charge is 0.390 e. The minimum Gasteiger partial charge on any atom is -0.390 e. The zero-order chi connectivity index (χ0) is 23.9. The molecule has 3 N–H and O–H groups in total. The van der Waals surface area contributed by atoms with Crippen LogP contribution in [0.1, 0.15) is 77.6 Å². The number of ketones is 1. The van der Waals surface area contributed by atoms with Crippen molar-refractivity contribution in [1.82, 2.24) is 0 Å². The molecule has 0 fully saturated rings. The van der Waals surface area contributed by atoms with Gasteiger partial charge in [-0.1, -0.05) is 57.6 Å². The molecule has 1 aliphatic heterocycles. The van der Waals surface area contributed by atoms with Gasteiger partial charge in [-0.3, -0.25) is 13.8 Å². The average Bonchev–Trinajstić information content (AvgIpc) is 3.10. The number of Topliss-reactive ketones (excluding diaryl/α,β-unsaturated/α-hetero) is 1. The number of aliphatic hydroxyl groups is 2. The zero-order valence-electron chi connectivity index (χ0n) is 19.6. The number of hydrogen-bond donors (Lipinski definition) is 3. The summed E-state index contributed by atoms with van der Waals surface area (Å²) in [4.78, 5) is 17.1. The molecule has 32 heavy (non-hydrogen) atoms. The Morgan fingerprint density at radius 2 is 1.72 bits per heavy atom. The summed E-state index contributed by atoms with van der Waals surface area (Å²) in [6.07, 6.45) is 14.8. The number of quaternary nitrogens is 1. The Labute approximate surface area is 193 Å². The van der Waals surface area contributed by atoms with Crippen LogP contribution in [0.5, 0.6) is 0 Å². The quantitative estimate of drug-likeness (QED) is 0.114. The second-order valence-electron chi connectivity index (χ2n) is 8.80. The van der Waals surface area contributed by atoms with E-state index in [0.29, 0.717) is 25.3 Å². The number of hydrogen-bond acceptors (Lipinski definition) is 6. The predicted molar refractivity (Wildman–Crippen MR) is 127 cm³/mol. The molecule has 0 radical (unpaired) electrons. The van der Waals surface area contributed by atoms with Crippen LogP contribution in [0.4, 0.5) is 0 Å². The van der Waals surface area contributed by atoms with E-state index in [1.165, 1.54) is 32.1 Å². The van der Waals surface area contributed by atoms with E-state index in [0.717, 1.165) is 32.1 Å². The average molecular weight is 476 g/mol. The molecule has 0 saturated heterocycles. The molecule has 0 spiro atoms. The smallest absolute Gasteiger partial charge is 0.267 e. The van der Waals surface area contributed by atoms with Gasteiger partial charge in [0, 0.05) is 6.42 Å². The molecular formula is C23H43N2O6S+. The molecule has 2 unspecified atom stereocenters. The number of carbonyl (C=O) groups excluding carboxylic acids is 1. The summed E-state index contributed by atoms with van der Waals surface area (Å²) in [5, 5.41) is 19.6. The second kappa shape index (κ2) is 15.7. The van der Waals surface area contributed by atoms with E-state index >= 15 is 0 Å². The Balaban J connectivity index is 2.36. The van der Waals surface area contributed by atoms with E-state index in [4.69, 9.17) is 4.55 Å². The number of nitrogens with zero attached hydrogens (tertiary/aromatic N) is 2. The van der Waals surface area contributed by atoms with Crippen molar-refractivity contribution in [2.24, 2.45) is 4.99 Å². The molecule has 0 bridgehead atoms. The molecule has 0 amide bonds. The number of aliphatic imine (C=N–C) groups is 1. The van der Waals surface area contributed by atoms with Crippen molar-refractivity contribution >= 4 is 21.7 Å². The molecule has 1 rings (SSSR count). The molecule has 2 atom stereocenters. The van der Waals surface area contributed by atoms with Gasteiger partial charge in [0.1, 0.15) is 31.5 Å². The van der Waals surface area contributed by atoms with Crippen LogP contribution < -0.4 is 0 Å². The molecule has 9 heteroatoms. The third kappa shape index (κ3) is 11.7. The maximum atomic E-state index is 12.8. The van der Waals surface area contributed by atoms with Crippen LogP contribution >= 0.6 is 0 Å². The lowest BCUT2D eigenvalue weighted by molar-refractivity contribution is -0.837. The molecule has 0 aromatic heterocycles. The summed E-state index contributed by atoms with van der Waals surface area (Å²) in [5.74, 6) is -0.590. The molecule has 8 nitrogen and oxygen atoms in total. The summed E-state index contributed by atoms with van der Waals surface area (Å²) in [6, 6.07) is 0. The molecule has 186 valence electrons. The summed E-state index contributed by atoms with van der Waals surface area (Å²) in [6.45, 7) is 2.91. The van der Waals surface area contributed by atoms with Gasteiger partial charge in [0.25, 0.3) is 16.0 Å². The SMILES string of the molecule is CCC/C=C/CCCCCCCCCC(=O)C1=NCC[N+]1(CCO)CC(O)CS(=O)(=O)O. The maximum absolute atomic E-state index is 12.8. The Kier molecular flexibility index (Phi) is 14.1. The van der Waals surface area contributed by atoms with Crippen LogP contribution in [0.3, 0.4) is 0 Å². The van der Waals surface area contributed by atoms with Gasteiger partial charge >= 0.3 is 0 Å². The van der Waals surface area contributed by atoms with Gasteiger partial charge < -0.3 is 10.2 Å². The first-order valence-electron chi connectivity index (χ1n) is 12.1. The minimum absolute atomic E-state index is 0.0290. The molecule has 0 aromatic rings. The summed E-state index contributed by atoms with van der Waals surface area (Å²) < 4.78 is 31.1. The fraction of sp³-hybridized carbons (Fsp3) is 0.826. The van der Waals surface area contributed by atoms with Gasteiger partial charge in [-0.2, -0.15) is 8.42 Å². The first-order chi connectivity index (χ1) is 15.2. The van der Waals surface area contributed by atoms with Gasteiger partial charge in [-0.25, -0.2) is 4.99 Å². The highest BCUT2D eigenvalue weighted by molar-refractivity contribution is 7.85. The lowest BCUT2D eigenvalue weighted by Gasteiger charge is -2.34. The maximum Gasteiger partial charge on any atom is 0.267 e. The van der Waals surface area contributed by atoms with Crippen LogP contribution in [-0.4, -0.2) is 83.9 Å². The van der Waals surface area contributed by atoms with E-state index in [9.17, 15) is 23.4 Å². The third-order valence-electron chi connectivity index (χ3n) is 5.88. The topological polar surface area (TPSA) is 124 Å². The molecule has 1 aliphatic rings. The Morgan fingerprint density at radius 1 is 1.09 bits per heavy atom. The van der Waals surface area contributed by atoms with Crippen LogP contribution in [0, 0.1) is 0 Å². The number of allylic oxidation sites excluding steroid dienone is 2. The number of amidine groups is 1. The number of unbranched alkanes of at least 4 members (excludes halogenated alkanes) is 8. The highest BCUT2D eigenvalue weighted by Gasteiger charge is 2.43. The van der Waals surface area contributed by atoms with Crippen molar-refractivity contribution in [3.63, 3.8) is 0 Å². The molecule has 0 aliphatic carbocycles. The number of aliphatic hydroxyl groups excluding tert-OH is 2. The number of carbonyl (C=O) groups is 1. The fourth-order valence-corrected chi connectivity index (χ4v) is 4.87. The van der Waals surface area contributed by atoms with Crippen molar-refractivity contribution in [2.45, 2.75) is 83.7 Å². The van der Waals surface area contributed by atoms with Gasteiger partial charge in [-0.15, -0.1) is 0 Å². The van der Waals surface area contributed by atoms with E-state index < -0.39 is 22.0 Å². The van der Waals surface area contributed by atoms with Crippen molar-refractivity contribution in [1.29, 1.82) is 0 Å². The van der Waals surface area contributed by atoms with Crippen molar-refractivity contribution in [3.05, 3.63) is 12.2 Å². The molecule has 0 aromatic carbocycles. The highest BCUT2D eigenvalue weighted by Crippen LogP contribution is 2.20. The highest BCUT2D eigenvalue weighted by atomic mass is 32.2. The van der Waals surface area contributed by atoms with Gasteiger partial charge in [0.05, 0.1) is 13.2 Å². The van der Waals surface area contributed by atoms with Gasteiger partial charge in [0.15, 0.2) is 0 Å². The van der Waals surface area contributed by atoms with E-state index in [1.54, 1.807) is 0 Å². The van der Waals surface area contributed by atoms with Crippen molar-refractivity contribution in [2.75, 3.05) is 38.5 Å². The lowest BCUT2D eigenvalue weighted by Crippen LogP contribution is -2.59. The van der Waals surface area contributed by atoms with E-state index in [2.05, 4.69) is 24.1 Å². The van der Waals surface area contributed by atoms with Crippen LogP contribution in [-0.2, 0) is 14.9 Å². The Morgan fingerprint density at radius 3 is 2.34 bits per heavy atom. The van der Waals surface area contributed by atoms with Crippen LogP contribution in [0.25, 0.3) is 0 Å². The lowest BCUT2D eigenvalue weighted by atomic mass is 10.0. The molecular weight excluding hydrogens is 432 g/mol. The first kappa shape index (κ1) is 28.9. The Hall–Kier alpha value is -1.13.